The van der Waals surface area contributed by atoms with Crippen molar-refractivity contribution in [1.29, 1.82) is 0 Å². The maximum absolute atomic E-state index is 2.50. The van der Waals surface area contributed by atoms with E-state index in [2.05, 4.69) is 27.7 Å². The van der Waals surface area contributed by atoms with Gasteiger partial charge in [-0.15, -0.1) is 0 Å². The highest BCUT2D eigenvalue weighted by Gasteiger charge is 2.62. The van der Waals surface area contributed by atoms with Gasteiger partial charge in [0, 0.05) is 0 Å². The van der Waals surface area contributed by atoms with Crippen LogP contribution in [-0.4, -0.2) is 0 Å². The fourth-order valence-electron chi connectivity index (χ4n) is 3.46. The maximum Gasteiger partial charge on any atom is -0.0246 e. The van der Waals surface area contributed by atoms with Crippen LogP contribution in [0.15, 0.2) is 0 Å². The van der Waals surface area contributed by atoms with Crippen molar-refractivity contribution < 1.29 is 0 Å². The standard InChI is InChI=1S/C11H20.C2H6/c1-5-11(4)9-6-8(7-9)10(11,2)3;1-2/h8-9H,5-7H2,1-4H3;1-2H3. The van der Waals surface area contributed by atoms with E-state index in [1.807, 2.05) is 13.8 Å². The molecule has 0 heterocycles. The van der Waals surface area contributed by atoms with E-state index in [0.29, 0.717) is 10.8 Å². The molecule has 0 aromatic rings. The minimum Gasteiger partial charge on any atom is -0.0683 e. The summed E-state index contributed by atoms with van der Waals surface area (Å²) in [6.45, 7) is 13.8. The molecule has 0 saturated heterocycles. The fraction of sp³-hybridized carbons (Fsp3) is 1.00. The molecule has 3 fully saturated rings. The van der Waals surface area contributed by atoms with Crippen LogP contribution in [0, 0.1) is 22.7 Å². The van der Waals surface area contributed by atoms with Crippen molar-refractivity contribution in [2.45, 2.75) is 60.8 Å². The molecule has 0 nitrogen and oxygen atoms in total. The Balaban J connectivity index is 0.000000396. The second-order valence-electron chi connectivity index (χ2n) is 5.36. The van der Waals surface area contributed by atoms with Gasteiger partial charge in [-0.05, 0) is 41.9 Å². The van der Waals surface area contributed by atoms with E-state index in [1.165, 1.54) is 19.3 Å². The molecule has 0 aromatic heterocycles. The Morgan fingerprint density at radius 3 is 1.62 bits per heavy atom. The first-order valence-electron chi connectivity index (χ1n) is 6.02. The Kier molecular flexibility index (Phi) is 2.81. The molecule has 0 spiro atoms. The summed E-state index contributed by atoms with van der Waals surface area (Å²) < 4.78 is 0. The molecule has 3 saturated carbocycles. The normalized spacial score (nSPS) is 44.8. The third kappa shape index (κ3) is 1.17. The van der Waals surface area contributed by atoms with Crippen molar-refractivity contribution in [3.63, 3.8) is 0 Å². The third-order valence-electron chi connectivity index (χ3n) is 5.27. The van der Waals surface area contributed by atoms with Gasteiger partial charge in [0.25, 0.3) is 0 Å². The van der Waals surface area contributed by atoms with Crippen LogP contribution < -0.4 is 0 Å². The van der Waals surface area contributed by atoms with Crippen molar-refractivity contribution in [3.05, 3.63) is 0 Å². The molecular formula is C13H26. The first kappa shape index (κ1) is 11.1. The summed E-state index contributed by atoms with van der Waals surface area (Å²) in [6.07, 6.45) is 4.43. The van der Waals surface area contributed by atoms with Crippen LogP contribution in [0.2, 0.25) is 0 Å². The summed E-state index contributed by atoms with van der Waals surface area (Å²) in [6, 6.07) is 0. The molecule has 3 rings (SSSR count). The van der Waals surface area contributed by atoms with Crippen molar-refractivity contribution in [2.75, 3.05) is 0 Å². The third-order valence-corrected chi connectivity index (χ3v) is 5.27. The molecule has 1 unspecified atom stereocenters. The maximum atomic E-state index is 2.50. The lowest BCUT2D eigenvalue weighted by molar-refractivity contribution is 0.118. The Bertz CT molecular complexity index is 174. The number of rotatable bonds is 1. The summed E-state index contributed by atoms with van der Waals surface area (Å²) in [7, 11) is 0. The molecule has 1 atom stereocenters. The lowest BCUT2D eigenvalue weighted by Gasteiger charge is -2.37. The van der Waals surface area contributed by atoms with Crippen LogP contribution in [0.5, 0.6) is 0 Å². The van der Waals surface area contributed by atoms with Crippen LogP contribution in [0.25, 0.3) is 0 Å². The van der Waals surface area contributed by atoms with Crippen LogP contribution in [0.4, 0.5) is 0 Å². The Morgan fingerprint density at radius 1 is 1.00 bits per heavy atom. The van der Waals surface area contributed by atoms with Crippen molar-refractivity contribution in [3.8, 4) is 0 Å². The van der Waals surface area contributed by atoms with Gasteiger partial charge in [-0.25, -0.2) is 0 Å². The van der Waals surface area contributed by atoms with Gasteiger partial charge in [0.05, 0.1) is 0 Å². The molecule has 2 bridgehead atoms. The monoisotopic (exact) mass is 182 g/mol. The van der Waals surface area contributed by atoms with E-state index in [9.17, 15) is 0 Å². The lowest BCUT2D eigenvalue weighted by atomic mass is 9.68. The van der Waals surface area contributed by atoms with Gasteiger partial charge in [-0.1, -0.05) is 41.5 Å². The molecule has 13 heavy (non-hydrogen) atoms. The Hall–Kier alpha value is 0. The van der Waals surface area contributed by atoms with Crippen LogP contribution in [0.3, 0.4) is 0 Å². The largest absolute Gasteiger partial charge is 0.0683 e. The molecule has 0 aromatic carbocycles. The lowest BCUT2D eigenvalue weighted by Crippen LogP contribution is -2.30. The van der Waals surface area contributed by atoms with Gasteiger partial charge in [0.2, 0.25) is 0 Å². The molecule has 0 aliphatic heterocycles. The number of fused-ring (bicyclic) bond motifs is 1. The highest BCUT2D eigenvalue weighted by Crippen LogP contribution is 2.71. The van der Waals surface area contributed by atoms with E-state index in [0.717, 1.165) is 11.8 Å². The Labute approximate surface area is 84.1 Å². The molecule has 0 amide bonds. The van der Waals surface area contributed by atoms with Crippen molar-refractivity contribution >= 4 is 0 Å². The van der Waals surface area contributed by atoms with Gasteiger partial charge in [-0.2, -0.15) is 0 Å². The fourth-order valence-corrected chi connectivity index (χ4v) is 3.46. The van der Waals surface area contributed by atoms with Crippen LogP contribution in [-0.2, 0) is 0 Å². The summed E-state index contributed by atoms with van der Waals surface area (Å²) in [4.78, 5) is 0. The first-order chi connectivity index (χ1) is 6.02. The number of hydrogen-bond acceptors (Lipinski definition) is 0. The molecule has 78 valence electrons. The average Bonchev–Trinajstić information content (AvgIpc) is 2.33. The van der Waals surface area contributed by atoms with E-state index < -0.39 is 0 Å². The highest BCUT2D eigenvalue weighted by molar-refractivity contribution is 5.12. The summed E-state index contributed by atoms with van der Waals surface area (Å²) in [5, 5.41) is 0. The molecule has 3 aliphatic carbocycles. The second-order valence-corrected chi connectivity index (χ2v) is 5.36. The summed E-state index contributed by atoms with van der Waals surface area (Å²) in [5.41, 5.74) is 1.30. The summed E-state index contributed by atoms with van der Waals surface area (Å²) >= 11 is 0. The molecule has 0 radical (unpaired) electrons. The van der Waals surface area contributed by atoms with Gasteiger partial charge >= 0.3 is 0 Å². The Morgan fingerprint density at radius 2 is 1.46 bits per heavy atom. The van der Waals surface area contributed by atoms with Crippen LogP contribution in [0.1, 0.15) is 60.8 Å². The second kappa shape index (κ2) is 3.29. The van der Waals surface area contributed by atoms with Gasteiger partial charge in [0.15, 0.2) is 0 Å². The number of hydrogen-bond donors (Lipinski definition) is 0. The zero-order valence-corrected chi connectivity index (χ0v) is 10.3. The van der Waals surface area contributed by atoms with E-state index in [1.54, 1.807) is 0 Å². The molecule has 0 heteroatoms. The van der Waals surface area contributed by atoms with E-state index >= 15 is 0 Å². The first-order valence-corrected chi connectivity index (χ1v) is 6.02. The van der Waals surface area contributed by atoms with Crippen LogP contribution >= 0.6 is 0 Å². The zero-order valence-electron chi connectivity index (χ0n) is 10.3. The predicted molar refractivity (Wildman–Crippen MR) is 59.7 cm³/mol. The van der Waals surface area contributed by atoms with E-state index in [-0.39, 0.29) is 0 Å². The van der Waals surface area contributed by atoms with Crippen molar-refractivity contribution in [1.82, 2.24) is 0 Å². The minimum atomic E-state index is 0.631. The highest BCUT2D eigenvalue weighted by atomic mass is 14.7. The van der Waals surface area contributed by atoms with Gasteiger partial charge in [0.1, 0.15) is 0 Å². The summed E-state index contributed by atoms with van der Waals surface area (Å²) in [5.74, 6) is 2.12. The molecule has 0 N–H and O–H groups in total. The molecular weight excluding hydrogens is 156 g/mol. The molecule has 3 aliphatic rings. The van der Waals surface area contributed by atoms with Gasteiger partial charge < -0.3 is 0 Å². The smallest absolute Gasteiger partial charge is 0.0246 e. The van der Waals surface area contributed by atoms with Gasteiger partial charge in [-0.3, -0.25) is 0 Å². The average molecular weight is 182 g/mol. The minimum absolute atomic E-state index is 0.631. The zero-order chi connectivity index (χ0) is 10.3. The van der Waals surface area contributed by atoms with Crippen molar-refractivity contribution in [2.24, 2.45) is 22.7 Å². The van der Waals surface area contributed by atoms with E-state index in [4.69, 9.17) is 0 Å². The predicted octanol–water partition coefficient (Wildman–Crippen LogP) is 4.49. The topological polar surface area (TPSA) is 0 Å². The quantitative estimate of drug-likeness (QED) is 0.560. The SMILES string of the molecule is CC.CCC1(C)C2CC(C2)C1(C)C.